The van der Waals surface area contributed by atoms with Crippen LogP contribution in [-0.2, 0) is 24.1 Å². The van der Waals surface area contributed by atoms with Gasteiger partial charge < -0.3 is 10.1 Å². The van der Waals surface area contributed by atoms with Crippen molar-refractivity contribution in [1.29, 1.82) is 0 Å². The van der Waals surface area contributed by atoms with E-state index in [9.17, 15) is 0 Å². The van der Waals surface area contributed by atoms with E-state index in [-0.39, 0.29) is 0 Å². The van der Waals surface area contributed by atoms with Crippen LogP contribution in [0.25, 0.3) is 0 Å². The van der Waals surface area contributed by atoms with Crippen molar-refractivity contribution in [3.05, 3.63) is 33.8 Å². The van der Waals surface area contributed by atoms with Gasteiger partial charge in [-0.1, -0.05) is 0 Å². The van der Waals surface area contributed by atoms with Crippen molar-refractivity contribution in [1.82, 2.24) is 9.78 Å². The van der Waals surface area contributed by atoms with Gasteiger partial charge in [-0.15, -0.1) is 11.3 Å². The van der Waals surface area contributed by atoms with Crippen LogP contribution in [0.4, 0.5) is 5.69 Å². The van der Waals surface area contributed by atoms with Gasteiger partial charge in [0.1, 0.15) is 0 Å². The summed E-state index contributed by atoms with van der Waals surface area (Å²) >= 11 is 1.97. The molecule has 0 saturated heterocycles. The number of rotatable bonds is 6. The molecule has 1 aliphatic rings. The van der Waals surface area contributed by atoms with Crippen LogP contribution in [0, 0.1) is 0 Å². The van der Waals surface area contributed by atoms with Crippen molar-refractivity contribution in [3.8, 4) is 0 Å². The van der Waals surface area contributed by atoms with Gasteiger partial charge >= 0.3 is 0 Å². The summed E-state index contributed by atoms with van der Waals surface area (Å²) in [7, 11) is 1.71. The number of aryl methyl sites for hydroxylation is 2. The van der Waals surface area contributed by atoms with Crippen LogP contribution >= 0.6 is 11.3 Å². The van der Waals surface area contributed by atoms with Crippen LogP contribution in [0.1, 0.15) is 41.1 Å². The molecule has 0 bridgehead atoms. The zero-order valence-electron chi connectivity index (χ0n) is 12.8. The molecule has 0 spiro atoms. The zero-order chi connectivity index (χ0) is 14.7. The topological polar surface area (TPSA) is 39.1 Å². The first-order valence-electron chi connectivity index (χ1n) is 7.65. The summed E-state index contributed by atoms with van der Waals surface area (Å²) in [6.45, 7) is 3.71. The number of aromatic nitrogens is 2. The highest BCUT2D eigenvalue weighted by atomic mass is 32.1. The lowest BCUT2D eigenvalue weighted by Gasteiger charge is -2.11. The van der Waals surface area contributed by atoms with Gasteiger partial charge in [-0.05, 0) is 44.2 Å². The Morgan fingerprint density at radius 1 is 1.43 bits per heavy atom. The predicted molar refractivity (Wildman–Crippen MR) is 87.1 cm³/mol. The number of hydrogen-bond acceptors (Lipinski definition) is 4. The van der Waals surface area contributed by atoms with Crippen molar-refractivity contribution in [2.24, 2.45) is 0 Å². The van der Waals surface area contributed by atoms with Crippen molar-refractivity contribution in [2.45, 2.75) is 45.2 Å². The SMILES string of the molecule is COCCn1cc(NC(C)c2cc3c(s2)CCCC3)cn1. The van der Waals surface area contributed by atoms with Crippen LogP contribution < -0.4 is 5.32 Å². The van der Waals surface area contributed by atoms with Crippen molar-refractivity contribution >= 4 is 17.0 Å². The molecule has 0 saturated carbocycles. The first-order valence-corrected chi connectivity index (χ1v) is 8.47. The summed E-state index contributed by atoms with van der Waals surface area (Å²) in [4.78, 5) is 3.03. The minimum Gasteiger partial charge on any atom is -0.383 e. The van der Waals surface area contributed by atoms with Gasteiger partial charge in [-0.2, -0.15) is 5.10 Å². The van der Waals surface area contributed by atoms with Gasteiger partial charge in [0.2, 0.25) is 0 Å². The number of anilines is 1. The predicted octanol–water partition coefficient (Wildman–Crippen LogP) is 3.64. The molecule has 1 atom stereocenters. The van der Waals surface area contributed by atoms with E-state index in [0.29, 0.717) is 12.6 Å². The molecule has 3 rings (SSSR count). The fourth-order valence-electron chi connectivity index (χ4n) is 2.79. The fourth-order valence-corrected chi connectivity index (χ4v) is 4.05. The average Bonchev–Trinajstić information content (AvgIpc) is 3.11. The first kappa shape index (κ1) is 14.6. The highest BCUT2D eigenvalue weighted by Crippen LogP contribution is 2.33. The summed E-state index contributed by atoms with van der Waals surface area (Å²) in [6.07, 6.45) is 9.15. The minimum absolute atomic E-state index is 0.334. The Labute approximate surface area is 130 Å². The molecule has 0 radical (unpaired) electrons. The molecule has 4 nitrogen and oxygen atoms in total. The van der Waals surface area contributed by atoms with E-state index in [1.807, 2.05) is 28.4 Å². The number of fused-ring (bicyclic) bond motifs is 1. The lowest BCUT2D eigenvalue weighted by molar-refractivity contribution is 0.183. The van der Waals surface area contributed by atoms with Gasteiger partial charge in [0.05, 0.1) is 31.1 Å². The molecule has 114 valence electrons. The number of hydrogen-bond donors (Lipinski definition) is 1. The standard InChI is InChI=1S/C16H23N3OS/c1-12(16-9-13-5-3-4-6-15(13)21-16)18-14-10-17-19(11-14)7-8-20-2/h9-12,18H,3-8H2,1-2H3. The number of ether oxygens (including phenoxy) is 1. The molecule has 2 aromatic rings. The molecule has 5 heteroatoms. The van der Waals surface area contributed by atoms with Crippen LogP contribution in [0.3, 0.4) is 0 Å². The van der Waals surface area contributed by atoms with Gasteiger partial charge in [0.15, 0.2) is 0 Å². The van der Waals surface area contributed by atoms with E-state index in [0.717, 1.165) is 12.2 Å². The fraction of sp³-hybridized carbons (Fsp3) is 0.562. The third-order valence-corrected chi connectivity index (χ3v) is 5.40. The summed E-state index contributed by atoms with van der Waals surface area (Å²) in [5, 5.41) is 7.89. The number of nitrogens with one attached hydrogen (secondary N) is 1. The van der Waals surface area contributed by atoms with E-state index >= 15 is 0 Å². The Hall–Kier alpha value is -1.33. The summed E-state index contributed by atoms with van der Waals surface area (Å²) in [5.41, 5.74) is 2.65. The Kier molecular flexibility index (Phi) is 4.60. The zero-order valence-corrected chi connectivity index (χ0v) is 13.6. The van der Waals surface area contributed by atoms with Crippen molar-refractivity contribution in [3.63, 3.8) is 0 Å². The van der Waals surface area contributed by atoms with Gasteiger partial charge in [-0.25, -0.2) is 0 Å². The molecule has 2 aromatic heterocycles. The monoisotopic (exact) mass is 305 g/mol. The molecule has 0 aliphatic heterocycles. The number of nitrogens with zero attached hydrogens (tertiary/aromatic N) is 2. The Balaban J connectivity index is 1.64. The molecule has 0 amide bonds. The molecule has 1 unspecified atom stereocenters. The molecule has 0 aromatic carbocycles. The Morgan fingerprint density at radius 2 is 2.29 bits per heavy atom. The normalized spacial score (nSPS) is 15.7. The second kappa shape index (κ2) is 6.62. The number of methoxy groups -OCH3 is 1. The van der Waals surface area contributed by atoms with Crippen LogP contribution in [0.5, 0.6) is 0 Å². The highest BCUT2D eigenvalue weighted by Gasteiger charge is 2.16. The van der Waals surface area contributed by atoms with Crippen molar-refractivity contribution in [2.75, 3.05) is 19.0 Å². The third kappa shape index (κ3) is 3.47. The molecule has 0 fully saturated rings. The molecule has 2 heterocycles. The summed E-state index contributed by atoms with van der Waals surface area (Å²) in [6, 6.07) is 2.73. The van der Waals surface area contributed by atoms with Crippen LogP contribution in [0.2, 0.25) is 0 Å². The van der Waals surface area contributed by atoms with Gasteiger partial charge in [-0.3, -0.25) is 4.68 Å². The molecular formula is C16H23N3OS. The molecule has 1 aliphatic carbocycles. The van der Waals surface area contributed by atoms with E-state index < -0.39 is 0 Å². The lowest BCUT2D eigenvalue weighted by Crippen LogP contribution is -2.05. The summed E-state index contributed by atoms with van der Waals surface area (Å²) < 4.78 is 6.99. The van der Waals surface area contributed by atoms with E-state index in [2.05, 4.69) is 23.4 Å². The van der Waals surface area contributed by atoms with Gasteiger partial charge in [0.25, 0.3) is 0 Å². The Morgan fingerprint density at radius 3 is 3.10 bits per heavy atom. The lowest BCUT2D eigenvalue weighted by atomic mass is 9.99. The maximum Gasteiger partial charge on any atom is 0.0731 e. The molecular weight excluding hydrogens is 282 g/mol. The van der Waals surface area contributed by atoms with Crippen LogP contribution in [-0.4, -0.2) is 23.5 Å². The second-order valence-electron chi connectivity index (χ2n) is 5.66. The average molecular weight is 305 g/mol. The van der Waals surface area contributed by atoms with E-state index in [1.54, 1.807) is 17.6 Å². The van der Waals surface area contributed by atoms with Crippen molar-refractivity contribution < 1.29 is 4.74 Å². The molecule has 1 N–H and O–H groups in total. The smallest absolute Gasteiger partial charge is 0.0731 e. The highest BCUT2D eigenvalue weighted by molar-refractivity contribution is 7.12. The quantitative estimate of drug-likeness (QED) is 0.885. The maximum absolute atomic E-state index is 5.07. The maximum atomic E-state index is 5.07. The summed E-state index contributed by atoms with van der Waals surface area (Å²) in [5.74, 6) is 0. The van der Waals surface area contributed by atoms with E-state index in [1.165, 1.54) is 30.6 Å². The second-order valence-corrected chi connectivity index (χ2v) is 6.82. The van der Waals surface area contributed by atoms with Gasteiger partial charge in [0, 0.05) is 23.1 Å². The third-order valence-electron chi connectivity index (χ3n) is 3.98. The largest absolute Gasteiger partial charge is 0.383 e. The Bertz CT molecular complexity index is 567. The minimum atomic E-state index is 0.334. The molecule has 21 heavy (non-hydrogen) atoms. The number of thiophene rings is 1. The van der Waals surface area contributed by atoms with E-state index in [4.69, 9.17) is 4.74 Å². The van der Waals surface area contributed by atoms with Crippen LogP contribution in [0.15, 0.2) is 18.5 Å². The first-order chi connectivity index (χ1) is 10.3.